The number of benzene rings is 1. The van der Waals surface area contributed by atoms with Crippen LogP contribution in [0.4, 0.5) is 0 Å². The zero-order valence-corrected chi connectivity index (χ0v) is 17.5. The molecule has 0 aliphatic carbocycles. The zero-order valence-electron chi connectivity index (χ0n) is 17.5. The van der Waals surface area contributed by atoms with Gasteiger partial charge in [-0.3, -0.25) is 25.3 Å². The smallest absolute Gasteiger partial charge is 0.305 e. The van der Waals surface area contributed by atoms with Gasteiger partial charge in [-0.15, -0.1) is 0 Å². The van der Waals surface area contributed by atoms with E-state index in [0.717, 1.165) is 36.6 Å². The number of nitrogens with zero attached hydrogens (tertiary/aromatic N) is 1. The topological polar surface area (TPSA) is 83.8 Å². The molecule has 2 rings (SSSR count). The summed E-state index contributed by atoms with van der Waals surface area (Å²) < 4.78 is 11.2. The second kappa shape index (κ2) is 11.9. The first kappa shape index (κ1) is 22.5. The molecular weight excluding hydrogens is 370 g/mol. The molecule has 0 spiro atoms. The number of furan rings is 1. The first-order valence-corrected chi connectivity index (χ1v) is 10.1. The van der Waals surface area contributed by atoms with Crippen molar-refractivity contribution in [1.82, 2.24) is 15.8 Å². The van der Waals surface area contributed by atoms with E-state index in [4.69, 9.17) is 9.15 Å². The molecule has 1 aromatic carbocycles. The van der Waals surface area contributed by atoms with Gasteiger partial charge >= 0.3 is 5.91 Å². The molecule has 0 radical (unpaired) electrons. The van der Waals surface area contributed by atoms with Gasteiger partial charge in [0.05, 0.1) is 13.2 Å². The highest BCUT2D eigenvalue weighted by atomic mass is 16.5. The number of carbonyl (C=O) groups excluding carboxylic acids is 2. The highest BCUT2D eigenvalue weighted by molar-refractivity contribution is 5.92. The van der Waals surface area contributed by atoms with Crippen LogP contribution in [0.25, 0.3) is 0 Å². The number of aryl methyl sites for hydroxylation is 1. The third-order valence-electron chi connectivity index (χ3n) is 4.53. The number of hydrogen-bond donors (Lipinski definition) is 2. The van der Waals surface area contributed by atoms with Crippen molar-refractivity contribution < 1.29 is 18.7 Å². The lowest BCUT2D eigenvalue weighted by Gasteiger charge is -2.15. The standard InChI is InChI=1S/C22H31N3O4/c1-4-25(5-2)16-19-12-13-20(29-19)22(27)24-23-21(26)11-6-7-14-28-18-10-8-9-17(3)15-18/h8-10,12-13,15H,4-7,11,14,16H2,1-3H3,(H,23,26)(H,24,27). The van der Waals surface area contributed by atoms with Gasteiger partial charge in [-0.25, -0.2) is 0 Å². The van der Waals surface area contributed by atoms with Gasteiger partial charge in [0.1, 0.15) is 11.5 Å². The van der Waals surface area contributed by atoms with Crippen molar-refractivity contribution in [1.29, 1.82) is 0 Å². The average Bonchev–Trinajstić information content (AvgIpc) is 3.18. The lowest BCUT2D eigenvalue weighted by molar-refractivity contribution is -0.122. The van der Waals surface area contributed by atoms with Crippen molar-refractivity contribution in [3.8, 4) is 5.75 Å². The molecule has 2 amide bonds. The van der Waals surface area contributed by atoms with E-state index < -0.39 is 5.91 Å². The van der Waals surface area contributed by atoms with Crippen LogP contribution in [0.3, 0.4) is 0 Å². The van der Waals surface area contributed by atoms with E-state index in [1.807, 2.05) is 31.2 Å². The Balaban J connectivity index is 1.62. The molecule has 2 aromatic rings. The minimum atomic E-state index is -0.466. The van der Waals surface area contributed by atoms with Crippen LogP contribution in [0.1, 0.15) is 55.0 Å². The number of hydrogen-bond acceptors (Lipinski definition) is 5. The van der Waals surface area contributed by atoms with Crippen molar-refractivity contribution >= 4 is 11.8 Å². The molecule has 7 nitrogen and oxygen atoms in total. The Morgan fingerprint density at radius 3 is 2.59 bits per heavy atom. The molecule has 1 heterocycles. The van der Waals surface area contributed by atoms with Crippen LogP contribution in [0.5, 0.6) is 5.75 Å². The predicted octanol–water partition coefficient (Wildman–Crippen LogP) is 3.44. The normalized spacial score (nSPS) is 10.8. The van der Waals surface area contributed by atoms with E-state index in [-0.39, 0.29) is 11.7 Å². The maximum Gasteiger partial charge on any atom is 0.305 e. The van der Waals surface area contributed by atoms with E-state index in [1.54, 1.807) is 12.1 Å². The molecule has 0 fully saturated rings. The van der Waals surface area contributed by atoms with Crippen molar-refractivity contribution in [3.05, 3.63) is 53.5 Å². The number of amides is 2. The molecular formula is C22H31N3O4. The minimum Gasteiger partial charge on any atom is -0.494 e. The number of nitrogens with one attached hydrogen (secondary N) is 2. The van der Waals surface area contributed by atoms with E-state index in [2.05, 4.69) is 29.6 Å². The lowest BCUT2D eigenvalue weighted by atomic mass is 10.2. The SMILES string of the molecule is CCN(CC)Cc1ccc(C(=O)NNC(=O)CCCCOc2cccc(C)c2)o1. The Kier molecular flexibility index (Phi) is 9.24. The van der Waals surface area contributed by atoms with Gasteiger partial charge in [-0.1, -0.05) is 26.0 Å². The number of ether oxygens (including phenoxy) is 1. The average molecular weight is 402 g/mol. The summed E-state index contributed by atoms with van der Waals surface area (Å²) in [5, 5.41) is 0. The Labute approximate surface area is 172 Å². The fourth-order valence-electron chi connectivity index (χ4n) is 2.79. The molecule has 7 heteroatoms. The van der Waals surface area contributed by atoms with Crippen molar-refractivity contribution in [3.63, 3.8) is 0 Å². The summed E-state index contributed by atoms with van der Waals surface area (Å²) in [6, 6.07) is 11.3. The van der Waals surface area contributed by atoms with Gasteiger partial charge in [-0.2, -0.15) is 0 Å². The predicted molar refractivity (Wildman–Crippen MR) is 111 cm³/mol. The van der Waals surface area contributed by atoms with Crippen LogP contribution in [0.2, 0.25) is 0 Å². The fourth-order valence-corrected chi connectivity index (χ4v) is 2.79. The first-order chi connectivity index (χ1) is 14.0. The largest absolute Gasteiger partial charge is 0.494 e. The van der Waals surface area contributed by atoms with Gasteiger partial charge in [-0.05, 0) is 62.7 Å². The molecule has 0 atom stereocenters. The molecule has 0 saturated carbocycles. The van der Waals surface area contributed by atoms with Crippen LogP contribution >= 0.6 is 0 Å². The van der Waals surface area contributed by atoms with Crippen LogP contribution in [-0.4, -0.2) is 36.4 Å². The number of unbranched alkanes of at least 4 members (excludes halogenated alkanes) is 1. The third-order valence-corrected chi connectivity index (χ3v) is 4.53. The Hall–Kier alpha value is -2.80. The number of rotatable bonds is 11. The van der Waals surface area contributed by atoms with Crippen LogP contribution in [-0.2, 0) is 11.3 Å². The molecule has 0 unspecified atom stereocenters. The molecule has 0 aliphatic rings. The van der Waals surface area contributed by atoms with E-state index in [0.29, 0.717) is 26.0 Å². The van der Waals surface area contributed by atoms with Gasteiger partial charge in [0, 0.05) is 6.42 Å². The molecule has 29 heavy (non-hydrogen) atoms. The maximum atomic E-state index is 12.1. The van der Waals surface area contributed by atoms with E-state index >= 15 is 0 Å². The summed E-state index contributed by atoms with van der Waals surface area (Å²) in [5.74, 6) is 1.02. The summed E-state index contributed by atoms with van der Waals surface area (Å²) in [5.41, 5.74) is 5.96. The minimum absolute atomic E-state index is 0.180. The monoisotopic (exact) mass is 401 g/mol. The first-order valence-electron chi connectivity index (χ1n) is 10.1. The summed E-state index contributed by atoms with van der Waals surface area (Å²) in [6.45, 7) is 9.17. The fraction of sp³-hybridized carbons (Fsp3) is 0.455. The summed E-state index contributed by atoms with van der Waals surface area (Å²) in [6.07, 6.45) is 1.73. The van der Waals surface area contributed by atoms with Crippen molar-refractivity contribution in [2.75, 3.05) is 19.7 Å². The second-order valence-electron chi connectivity index (χ2n) is 6.85. The maximum absolute atomic E-state index is 12.1. The Bertz CT molecular complexity index is 784. The Morgan fingerprint density at radius 2 is 1.86 bits per heavy atom. The third kappa shape index (κ3) is 7.99. The van der Waals surface area contributed by atoms with Gasteiger partial charge in [0.2, 0.25) is 5.91 Å². The lowest BCUT2D eigenvalue weighted by Crippen LogP contribution is -2.41. The molecule has 0 aliphatic heterocycles. The van der Waals surface area contributed by atoms with Crippen molar-refractivity contribution in [2.24, 2.45) is 0 Å². The van der Waals surface area contributed by atoms with Crippen LogP contribution in [0, 0.1) is 6.92 Å². The van der Waals surface area contributed by atoms with E-state index in [9.17, 15) is 9.59 Å². The summed E-state index contributed by atoms with van der Waals surface area (Å²) in [7, 11) is 0. The number of carbonyl (C=O) groups is 2. The quantitative estimate of drug-likeness (QED) is 0.445. The molecule has 0 bridgehead atoms. The number of hydrazine groups is 1. The molecule has 0 saturated heterocycles. The van der Waals surface area contributed by atoms with Gasteiger partial charge < -0.3 is 9.15 Å². The molecule has 2 N–H and O–H groups in total. The Morgan fingerprint density at radius 1 is 1.07 bits per heavy atom. The summed E-state index contributed by atoms with van der Waals surface area (Å²) in [4.78, 5) is 26.2. The molecule has 158 valence electrons. The van der Waals surface area contributed by atoms with Gasteiger partial charge in [0.15, 0.2) is 5.76 Å². The van der Waals surface area contributed by atoms with Gasteiger partial charge in [0.25, 0.3) is 0 Å². The zero-order chi connectivity index (χ0) is 21.1. The summed E-state index contributed by atoms with van der Waals surface area (Å²) >= 11 is 0. The molecule has 1 aromatic heterocycles. The van der Waals surface area contributed by atoms with Crippen LogP contribution < -0.4 is 15.6 Å². The highest BCUT2D eigenvalue weighted by Crippen LogP contribution is 2.13. The van der Waals surface area contributed by atoms with Crippen molar-refractivity contribution in [2.45, 2.75) is 46.6 Å². The van der Waals surface area contributed by atoms with Crippen LogP contribution in [0.15, 0.2) is 40.8 Å². The highest BCUT2D eigenvalue weighted by Gasteiger charge is 2.13. The van der Waals surface area contributed by atoms with E-state index in [1.165, 1.54) is 0 Å². The second-order valence-corrected chi connectivity index (χ2v) is 6.85.